The molecule has 0 saturated carbocycles. The number of benzene rings is 1. The predicted molar refractivity (Wildman–Crippen MR) is 79.6 cm³/mol. The third-order valence-electron chi connectivity index (χ3n) is 3.13. The van der Waals surface area contributed by atoms with E-state index in [0.29, 0.717) is 18.5 Å². The van der Waals surface area contributed by atoms with Crippen LogP contribution in [-0.4, -0.2) is 23.5 Å². The predicted octanol–water partition coefficient (Wildman–Crippen LogP) is 1.14. The Morgan fingerprint density at radius 2 is 1.82 bits per heavy atom. The van der Waals surface area contributed by atoms with Gasteiger partial charge < -0.3 is 20.2 Å². The zero-order valence-corrected chi connectivity index (χ0v) is 12.0. The number of hydrogen-bond acceptors (Lipinski definition) is 4. The summed E-state index contributed by atoms with van der Waals surface area (Å²) in [7, 11) is 0. The van der Waals surface area contributed by atoms with Gasteiger partial charge in [0.2, 0.25) is 0 Å². The van der Waals surface area contributed by atoms with Gasteiger partial charge in [-0.3, -0.25) is 9.59 Å². The van der Waals surface area contributed by atoms with Gasteiger partial charge in [0.05, 0.1) is 18.6 Å². The quantitative estimate of drug-likeness (QED) is 0.698. The van der Waals surface area contributed by atoms with Gasteiger partial charge in [-0.1, -0.05) is 30.3 Å². The van der Waals surface area contributed by atoms with Gasteiger partial charge in [0, 0.05) is 18.7 Å². The van der Waals surface area contributed by atoms with Crippen LogP contribution in [0.3, 0.4) is 0 Å². The van der Waals surface area contributed by atoms with E-state index < -0.39 is 17.9 Å². The number of aliphatic hydroxyl groups is 1. The molecule has 6 nitrogen and oxygen atoms in total. The topological polar surface area (TPSA) is 91.6 Å². The van der Waals surface area contributed by atoms with Crippen LogP contribution < -0.4 is 10.6 Å². The summed E-state index contributed by atoms with van der Waals surface area (Å²) in [5.74, 6) is -1.41. The lowest BCUT2D eigenvalue weighted by Crippen LogP contribution is -2.40. The van der Waals surface area contributed by atoms with Crippen LogP contribution in [0.15, 0.2) is 53.3 Å². The van der Waals surface area contributed by atoms with Gasteiger partial charge in [-0.15, -0.1) is 0 Å². The Morgan fingerprint density at radius 3 is 2.50 bits per heavy atom. The molecule has 1 heterocycles. The Hall–Kier alpha value is -2.60. The monoisotopic (exact) mass is 302 g/mol. The Balaban J connectivity index is 1.67. The molecule has 22 heavy (non-hydrogen) atoms. The van der Waals surface area contributed by atoms with E-state index in [1.54, 1.807) is 6.07 Å². The van der Waals surface area contributed by atoms with E-state index in [-0.39, 0.29) is 6.54 Å². The summed E-state index contributed by atoms with van der Waals surface area (Å²) >= 11 is 0. The zero-order chi connectivity index (χ0) is 15.8. The highest BCUT2D eigenvalue weighted by Gasteiger charge is 2.14. The van der Waals surface area contributed by atoms with Crippen molar-refractivity contribution in [1.29, 1.82) is 0 Å². The number of carbonyl (C=O) groups excluding carboxylic acids is 2. The van der Waals surface area contributed by atoms with Crippen molar-refractivity contribution in [2.24, 2.45) is 0 Å². The van der Waals surface area contributed by atoms with Crippen LogP contribution in [0.5, 0.6) is 0 Å². The molecule has 0 aliphatic heterocycles. The highest BCUT2D eigenvalue weighted by molar-refractivity contribution is 6.35. The van der Waals surface area contributed by atoms with Gasteiger partial charge in [0.1, 0.15) is 0 Å². The summed E-state index contributed by atoms with van der Waals surface area (Å²) in [5, 5.41) is 14.8. The summed E-state index contributed by atoms with van der Waals surface area (Å²) in [6.45, 7) is 0.495. The molecule has 0 saturated heterocycles. The van der Waals surface area contributed by atoms with Crippen LogP contribution in [-0.2, 0) is 16.1 Å². The van der Waals surface area contributed by atoms with Gasteiger partial charge in [0.15, 0.2) is 0 Å². The van der Waals surface area contributed by atoms with E-state index in [1.807, 2.05) is 30.3 Å². The largest absolute Gasteiger partial charge is 0.472 e. The maximum absolute atomic E-state index is 11.6. The number of aliphatic hydroxyl groups excluding tert-OH is 1. The summed E-state index contributed by atoms with van der Waals surface area (Å²) in [4.78, 5) is 23.2. The number of nitrogens with one attached hydrogen (secondary N) is 2. The van der Waals surface area contributed by atoms with Crippen molar-refractivity contribution in [3.05, 3.63) is 60.1 Å². The fourth-order valence-electron chi connectivity index (χ4n) is 1.89. The zero-order valence-electron chi connectivity index (χ0n) is 12.0. The summed E-state index contributed by atoms with van der Waals surface area (Å²) in [5.41, 5.74) is 1.56. The number of hydrogen-bond donors (Lipinski definition) is 3. The van der Waals surface area contributed by atoms with Gasteiger partial charge in [-0.25, -0.2) is 0 Å². The minimum Gasteiger partial charge on any atom is -0.472 e. The first-order valence-corrected chi connectivity index (χ1v) is 6.97. The molecule has 1 atom stereocenters. The first-order chi connectivity index (χ1) is 10.7. The molecule has 0 fully saturated rings. The van der Waals surface area contributed by atoms with E-state index in [0.717, 1.165) is 5.56 Å². The van der Waals surface area contributed by atoms with E-state index in [1.165, 1.54) is 12.5 Å². The van der Waals surface area contributed by atoms with E-state index in [4.69, 9.17) is 4.42 Å². The summed E-state index contributed by atoms with van der Waals surface area (Å²) < 4.78 is 4.86. The fraction of sp³-hybridized carbons (Fsp3) is 0.250. The molecule has 1 unspecified atom stereocenters. The molecule has 0 spiro atoms. The van der Waals surface area contributed by atoms with Crippen molar-refractivity contribution >= 4 is 11.8 Å². The second kappa shape index (κ2) is 7.99. The van der Waals surface area contributed by atoms with E-state index >= 15 is 0 Å². The van der Waals surface area contributed by atoms with Gasteiger partial charge >= 0.3 is 11.8 Å². The van der Waals surface area contributed by atoms with E-state index in [2.05, 4.69) is 10.6 Å². The van der Waals surface area contributed by atoms with Gasteiger partial charge in [-0.2, -0.15) is 0 Å². The van der Waals surface area contributed by atoms with Crippen LogP contribution in [0.1, 0.15) is 23.7 Å². The number of amides is 2. The molecule has 3 N–H and O–H groups in total. The van der Waals surface area contributed by atoms with Crippen molar-refractivity contribution in [2.75, 3.05) is 6.54 Å². The van der Waals surface area contributed by atoms with Crippen molar-refractivity contribution < 1.29 is 19.1 Å². The molecule has 0 aliphatic rings. The average molecular weight is 302 g/mol. The van der Waals surface area contributed by atoms with Crippen molar-refractivity contribution in [3.63, 3.8) is 0 Å². The van der Waals surface area contributed by atoms with Gasteiger partial charge in [-0.05, 0) is 18.1 Å². The van der Waals surface area contributed by atoms with Gasteiger partial charge in [0.25, 0.3) is 0 Å². The first-order valence-electron chi connectivity index (χ1n) is 6.97. The highest BCUT2D eigenvalue weighted by Crippen LogP contribution is 2.15. The van der Waals surface area contributed by atoms with Crippen molar-refractivity contribution in [1.82, 2.24) is 10.6 Å². The van der Waals surface area contributed by atoms with Crippen LogP contribution >= 0.6 is 0 Å². The molecular formula is C16H18N2O4. The molecule has 2 rings (SSSR count). The number of furan rings is 1. The molecule has 1 aromatic heterocycles. The third kappa shape index (κ3) is 4.75. The lowest BCUT2D eigenvalue weighted by Gasteiger charge is -2.09. The van der Waals surface area contributed by atoms with Crippen LogP contribution in [0.2, 0.25) is 0 Å². The minimum absolute atomic E-state index is 0.198. The molecular weight excluding hydrogens is 284 g/mol. The van der Waals surface area contributed by atoms with Crippen molar-refractivity contribution in [3.8, 4) is 0 Å². The maximum Gasteiger partial charge on any atom is 0.309 e. The molecule has 116 valence electrons. The first kappa shape index (κ1) is 15.8. The minimum atomic E-state index is -0.730. The Kier molecular flexibility index (Phi) is 5.73. The van der Waals surface area contributed by atoms with Crippen LogP contribution in [0, 0.1) is 0 Å². The lowest BCUT2D eigenvalue weighted by atomic mass is 10.1. The Bertz CT molecular complexity index is 596. The molecule has 2 aromatic rings. The molecule has 0 bridgehead atoms. The second-order valence-electron chi connectivity index (χ2n) is 4.79. The second-order valence-corrected chi connectivity index (χ2v) is 4.79. The Labute approximate surface area is 128 Å². The third-order valence-corrected chi connectivity index (χ3v) is 3.13. The normalized spacial score (nSPS) is 11.7. The average Bonchev–Trinajstić information content (AvgIpc) is 3.08. The molecule has 2 amide bonds. The van der Waals surface area contributed by atoms with E-state index in [9.17, 15) is 14.7 Å². The lowest BCUT2D eigenvalue weighted by molar-refractivity contribution is -0.139. The molecule has 6 heteroatoms. The fourth-order valence-corrected chi connectivity index (χ4v) is 1.89. The van der Waals surface area contributed by atoms with Crippen LogP contribution in [0.25, 0.3) is 0 Å². The maximum atomic E-state index is 11.6. The SMILES string of the molecule is O=C(NCCC(O)c1ccoc1)C(=O)NCc1ccccc1. The summed E-state index contributed by atoms with van der Waals surface area (Å²) in [6.07, 6.45) is 2.48. The molecule has 0 aliphatic carbocycles. The van der Waals surface area contributed by atoms with Crippen LogP contribution in [0.4, 0.5) is 0 Å². The molecule has 1 aromatic carbocycles. The van der Waals surface area contributed by atoms with Crippen molar-refractivity contribution in [2.45, 2.75) is 19.1 Å². The number of carbonyl (C=O) groups is 2. The highest BCUT2D eigenvalue weighted by atomic mass is 16.3. The summed E-state index contributed by atoms with van der Waals surface area (Å²) in [6, 6.07) is 11.0. The number of rotatable bonds is 6. The smallest absolute Gasteiger partial charge is 0.309 e. The molecule has 0 radical (unpaired) electrons. The standard InChI is InChI=1S/C16H18N2O4/c19-14(13-7-9-22-11-13)6-8-17-15(20)16(21)18-10-12-4-2-1-3-5-12/h1-5,7,9,11,14,19H,6,8,10H2,(H,17,20)(H,18,21). The Morgan fingerprint density at radius 1 is 1.09 bits per heavy atom.